The van der Waals surface area contributed by atoms with Crippen molar-refractivity contribution in [3.8, 4) is 0 Å². The zero-order valence-electron chi connectivity index (χ0n) is 17.4. The second-order valence-corrected chi connectivity index (χ2v) is 9.81. The largest absolute Gasteiger partial charge is 0.103 e. The van der Waals surface area contributed by atoms with Crippen LogP contribution < -0.4 is 0 Å². The van der Waals surface area contributed by atoms with Crippen LogP contribution in [0.3, 0.4) is 0 Å². The van der Waals surface area contributed by atoms with E-state index in [4.69, 9.17) is 0 Å². The summed E-state index contributed by atoms with van der Waals surface area (Å²) >= 11 is 0. The molecule has 4 aliphatic carbocycles. The molecule has 0 saturated heterocycles. The molecule has 0 aromatic carbocycles. The minimum absolute atomic E-state index is 0.720. The molecule has 0 N–H and O–H groups in total. The van der Waals surface area contributed by atoms with Gasteiger partial charge in [-0.2, -0.15) is 0 Å². The Labute approximate surface area is 162 Å². The first-order chi connectivity index (χ1) is 12.5. The van der Waals surface area contributed by atoms with Gasteiger partial charge in [0.2, 0.25) is 0 Å². The molecule has 144 valence electrons. The summed E-state index contributed by atoms with van der Waals surface area (Å²) < 4.78 is 0. The number of fused-ring (bicyclic) bond motifs is 4. The Morgan fingerprint density at radius 2 is 1.65 bits per heavy atom. The van der Waals surface area contributed by atoms with Crippen molar-refractivity contribution in [2.45, 2.75) is 65.7 Å². The van der Waals surface area contributed by atoms with Gasteiger partial charge in [-0.15, -0.1) is 6.58 Å². The third kappa shape index (κ3) is 4.62. The third-order valence-electron chi connectivity index (χ3n) is 7.80. The quantitative estimate of drug-likeness (QED) is 0.414. The molecule has 0 aromatic heterocycles. The summed E-state index contributed by atoms with van der Waals surface area (Å²) in [6.07, 6.45) is 21.5. The molecule has 0 nitrogen and oxygen atoms in total. The van der Waals surface area contributed by atoms with Crippen molar-refractivity contribution in [3.63, 3.8) is 0 Å². The highest BCUT2D eigenvalue weighted by molar-refractivity contribution is 5.11. The normalized spacial score (nSPS) is 38.1. The van der Waals surface area contributed by atoms with Gasteiger partial charge in [-0.1, -0.05) is 56.4 Å². The Balaban J connectivity index is 0.000000151. The number of rotatable bonds is 7. The third-order valence-corrected chi connectivity index (χ3v) is 7.80. The standard InChI is InChI=1S/2C13H20/c1-9(2)10(3)6-13-8-11-4-5-12(13)7-11;1-3-4-5-10(2)13-9-11-6-7-12(13)8-11/h4-5,10-13H,1,6-8H2,2-3H3;3,6-7,10-13H,1,4-5,8-9H2,2H3. The van der Waals surface area contributed by atoms with Gasteiger partial charge in [0.05, 0.1) is 0 Å². The van der Waals surface area contributed by atoms with Crippen molar-refractivity contribution in [3.05, 3.63) is 49.1 Å². The first-order valence-electron chi connectivity index (χ1n) is 11.1. The van der Waals surface area contributed by atoms with Crippen LogP contribution >= 0.6 is 0 Å². The molecule has 0 spiro atoms. The van der Waals surface area contributed by atoms with Crippen molar-refractivity contribution in [2.24, 2.45) is 47.3 Å². The Morgan fingerprint density at radius 1 is 1.00 bits per heavy atom. The second kappa shape index (κ2) is 8.77. The van der Waals surface area contributed by atoms with Crippen LogP contribution in [0.4, 0.5) is 0 Å². The summed E-state index contributed by atoms with van der Waals surface area (Å²) in [5.41, 5.74) is 1.35. The molecular weight excluding hydrogens is 312 g/mol. The minimum Gasteiger partial charge on any atom is -0.103 e. The van der Waals surface area contributed by atoms with E-state index in [2.05, 4.69) is 64.3 Å². The summed E-state index contributed by atoms with van der Waals surface area (Å²) in [5.74, 6) is 7.25. The maximum atomic E-state index is 4.04. The van der Waals surface area contributed by atoms with Crippen molar-refractivity contribution < 1.29 is 0 Å². The maximum Gasteiger partial charge on any atom is -0.0197 e. The van der Waals surface area contributed by atoms with E-state index in [0.717, 1.165) is 47.3 Å². The molecular formula is C26H40. The van der Waals surface area contributed by atoms with Crippen LogP contribution in [0.25, 0.3) is 0 Å². The van der Waals surface area contributed by atoms with E-state index in [1.54, 1.807) is 0 Å². The smallest absolute Gasteiger partial charge is 0.0197 e. The molecule has 0 aliphatic heterocycles. The number of hydrogen-bond acceptors (Lipinski definition) is 0. The van der Waals surface area contributed by atoms with Gasteiger partial charge in [-0.25, -0.2) is 0 Å². The molecule has 4 bridgehead atoms. The zero-order valence-corrected chi connectivity index (χ0v) is 17.4. The fourth-order valence-electron chi connectivity index (χ4n) is 5.89. The lowest BCUT2D eigenvalue weighted by atomic mass is 9.81. The summed E-state index contributed by atoms with van der Waals surface area (Å²) in [5, 5.41) is 0. The minimum atomic E-state index is 0.720. The molecule has 0 radical (unpaired) electrons. The molecule has 2 fully saturated rings. The van der Waals surface area contributed by atoms with Gasteiger partial charge in [-0.3, -0.25) is 0 Å². The van der Waals surface area contributed by atoms with E-state index in [9.17, 15) is 0 Å². The van der Waals surface area contributed by atoms with E-state index in [0.29, 0.717) is 0 Å². The van der Waals surface area contributed by atoms with Gasteiger partial charge < -0.3 is 0 Å². The summed E-state index contributed by atoms with van der Waals surface area (Å²) in [4.78, 5) is 0. The number of allylic oxidation sites excluding steroid dienone is 6. The first kappa shape index (κ1) is 19.7. The van der Waals surface area contributed by atoms with Crippen LogP contribution in [0.2, 0.25) is 0 Å². The second-order valence-electron chi connectivity index (χ2n) is 9.81. The molecule has 26 heavy (non-hydrogen) atoms. The van der Waals surface area contributed by atoms with Gasteiger partial charge in [-0.05, 0) is 99.2 Å². The summed E-state index contributed by atoms with van der Waals surface area (Å²) in [6.45, 7) is 14.7. The van der Waals surface area contributed by atoms with Gasteiger partial charge in [0, 0.05) is 0 Å². The Kier molecular flexibility index (Phi) is 6.65. The lowest BCUT2D eigenvalue weighted by molar-refractivity contribution is 0.294. The fraction of sp³-hybridized carbons (Fsp3) is 0.692. The predicted molar refractivity (Wildman–Crippen MR) is 115 cm³/mol. The van der Waals surface area contributed by atoms with Crippen molar-refractivity contribution in [2.75, 3.05) is 0 Å². The van der Waals surface area contributed by atoms with E-state index < -0.39 is 0 Å². The molecule has 8 unspecified atom stereocenters. The molecule has 8 atom stereocenters. The Hall–Kier alpha value is -1.04. The van der Waals surface area contributed by atoms with E-state index >= 15 is 0 Å². The van der Waals surface area contributed by atoms with E-state index in [1.807, 2.05) is 0 Å². The lowest BCUT2D eigenvalue weighted by Gasteiger charge is -2.24. The van der Waals surface area contributed by atoms with Gasteiger partial charge in [0.15, 0.2) is 0 Å². The van der Waals surface area contributed by atoms with Crippen molar-refractivity contribution in [1.29, 1.82) is 0 Å². The topological polar surface area (TPSA) is 0 Å². The SMILES string of the molecule is C=C(C)C(C)CC1CC2C=CC1C2.C=CCCC(C)C1CC2C=CC1C2. The molecule has 4 aliphatic rings. The molecule has 0 amide bonds. The summed E-state index contributed by atoms with van der Waals surface area (Å²) in [6, 6.07) is 0. The Bertz CT molecular complexity index is 550. The van der Waals surface area contributed by atoms with Gasteiger partial charge >= 0.3 is 0 Å². The molecule has 0 aromatic rings. The van der Waals surface area contributed by atoms with Crippen LogP contribution in [-0.2, 0) is 0 Å². The highest BCUT2D eigenvalue weighted by Gasteiger charge is 2.38. The Morgan fingerprint density at radius 3 is 2.12 bits per heavy atom. The fourth-order valence-corrected chi connectivity index (χ4v) is 5.89. The predicted octanol–water partition coefficient (Wildman–Crippen LogP) is 7.60. The first-order valence-corrected chi connectivity index (χ1v) is 11.1. The average molecular weight is 353 g/mol. The van der Waals surface area contributed by atoms with Crippen LogP contribution in [-0.4, -0.2) is 0 Å². The highest BCUT2D eigenvalue weighted by atomic mass is 14.4. The van der Waals surface area contributed by atoms with Crippen LogP contribution in [0.15, 0.2) is 49.1 Å². The average Bonchev–Trinajstić information content (AvgIpc) is 3.40. The van der Waals surface area contributed by atoms with E-state index in [1.165, 1.54) is 50.5 Å². The maximum absolute atomic E-state index is 4.04. The molecule has 2 saturated carbocycles. The zero-order chi connectivity index (χ0) is 18.7. The highest BCUT2D eigenvalue weighted by Crippen LogP contribution is 2.48. The van der Waals surface area contributed by atoms with Gasteiger partial charge in [0.25, 0.3) is 0 Å². The monoisotopic (exact) mass is 352 g/mol. The summed E-state index contributed by atoms with van der Waals surface area (Å²) in [7, 11) is 0. The molecule has 0 heteroatoms. The lowest BCUT2D eigenvalue weighted by Crippen LogP contribution is -2.16. The van der Waals surface area contributed by atoms with Gasteiger partial charge in [0.1, 0.15) is 0 Å². The van der Waals surface area contributed by atoms with Crippen LogP contribution in [0, 0.1) is 47.3 Å². The van der Waals surface area contributed by atoms with Crippen molar-refractivity contribution in [1.82, 2.24) is 0 Å². The number of hydrogen-bond donors (Lipinski definition) is 0. The molecule has 0 heterocycles. The van der Waals surface area contributed by atoms with E-state index in [-0.39, 0.29) is 0 Å². The van der Waals surface area contributed by atoms with Crippen LogP contribution in [0.5, 0.6) is 0 Å². The molecule has 4 rings (SSSR count). The van der Waals surface area contributed by atoms with Crippen molar-refractivity contribution >= 4 is 0 Å². The van der Waals surface area contributed by atoms with Crippen LogP contribution in [0.1, 0.15) is 65.7 Å².